The molecule has 0 aliphatic carbocycles. The number of nitrogens with one attached hydrogen (secondary N) is 8. The molecule has 2 aliphatic heterocycles. The molecule has 0 radical (unpaired) electrons. The number of likely N-dealkylation sites (tertiary alicyclic amines) is 2. The number of carbonyl (C=O) groups is 13. The lowest BCUT2D eigenvalue weighted by Crippen LogP contribution is -2.61. The van der Waals surface area contributed by atoms with E-state index in [1.165, 1.54) is 48.5 Å². The van der Waals surface area contributed by atoms with E-state index in [2.05, 4.69) is 47.5 Å². The fourth-order valence-electron chi connectivity index (χ4n) is 10.7. The van der Waals surface area contributed by atoms with E-state index >= 15 is 0 Å². The topological polar surface area (TPSA) is 562 Å². The van der Waals surface area contributed by atoms with E-state index in [9.17, 15) is 93.0 Å². The molecule has 34 nitrogen and oxygen atoms in total. The first kappa shape index (κ1) is 77.7. The number of aliphatic hydroxyl groups excluding tert-OH is 2. The van der Waals surface area contributed by atoms with Gasteiger partial charge >= 0.3 is 11.9 Å². The maximum atomic E-state index is 14.7. The van der Waals surface area contributed by atoms with Crippen LogP contribution >= 0.6 is 0 Å². The Bertz CT molecular complexity index is 3060. The van der Waals surface area contributed by atoms with Crippen molar-refractivity contribution in [3.63, 3.8) is 0 Å². The number of aliphatic hydroxyl groups is 2. The molecule has 0 saturated carbocycles. The summed E-state index contributed by atoms with van der Waals surface area (Å²) in [7, 11) is 0. The van der Waals surface area contributed by atoms with Gasteiger partial charge in [-0.15, -0.1) is 0 Å². The Morgan fingerprint density at radius 2 is 0.926 bits per heavy atom. The van der Waals surface area contributed by atoms with Gasteiger partial charge in [0.05, 0.1) is 25.7 Å². The fraction of sp³-hybridized carbons (Fsp3) is 0.574. The Morgan fingerprint density at radius 3 is 1.40 bits per heavy atom. The predicted molar refractivity (Wildman–Crippen MR) is 338 cm³/mol. The number of nitrogens with two attached hydrogens (primary N) is 4. The Balaban J connectivity index is 1.54. The van der Waals surface area contributed by atoms with Crippen LogP contribution in [0.4, 0.5) is 0 Å². The lowest BCUT2D eigenvalue weighted by molar-refractivity contribution is -0.144. The maximum absolute atomic E-state index is 14.7. The van der Waals surface area contributed by atoms with Crippen LogP contribution in [0, 0.1) is 11.8 Å². The molecule has 2 aromatic rings. The van der Waals surface area contributed by atoms with E-state index < -0.39 is 176 Å². The molecule has 2 aromatic carbocycles. The second-order valence-electron chi connectivity index (χ2n) is 24.2. The van der Waals surface area contributed by atoms with Crippen LogP contribution in [-0.2, 0) is 75.2 Å². The van der Waals surface area contributed by atoms with Crippen LogP contribution in [0.1, 0.15) is 109 Å². The summed E-state index contributed by atoms with van der Waals surface area (Å²) in [6, 6.07) is -5.45. The summed E-state index contributed by atoms with van der Waals surface area (Å²) in [4.78, 5) is 182. The zero-order valence-corrected chi connectivity index (χ0v) is 53.5. The number of carboxylic acid groups (broad SMARTS) is 2. The van der Waals surface area contributed by atoms with E-state index in [1.807, 2.05) is 13.8 Å². The number of hydrogen-bond donors (Lipinski definition) is 18. The highest BCUT2D eigenvalue weighted by atomic mass is 16.4. The first-order valence-electron chi connectivity index (χ1n) is 31.2. The van der Waals surface area contributed by atoms with Crippen molar-refractivity contribution in [2.45, 2.75) is 178 Å². The Kier molecular flexibility index (Phi) is 31.0. The Morgan fingerprint density at radius 1 is 0.516 bits per heavy atom. The number of aliphatic carboxylic acids is 2. The number of carboxylic acids is 2. The minimum atomic E-state index is -1.82. The number of aromatic hydroxyl groups is 2. The van der Waals surface area contributed by atoms with Crippen molar-refractivity contribution in [2.75, 3.05) is 32.8 Å². The van der Waals surface area contributed by atoms with Crippen LogP contribution in [0.2, 0.25) is 0 Å². The second kappa shape index (κ2) is 37.9. The Hall–Kier alpha value is -9.70. The number of carbonyl (C=O) groups excluding carboxylic acids is 11. The smallest absolute Gasteiger partial charge is 0.326 e. The maximum Gasteiger partial charge on any atom is 0.326 e. The average molecular weight is 1340 g/mol. The number of rotatable bonds is 38. The number of aliphatic imine (C=N–C) groups is 1. The minimum absolute atomic E-state index is 0.00947. The first-order chi connectivity index (χ1) is 44.8. The second-order valence-corrected chi connectivity index (χ2v) is 24.2. The molecule has 11 atom stereocenters. The number of guanidine groups is 1. The van der Waals surface area contributed by atoms with E-state index in [0.29, 0.717) is 11.1 Å². The molecular formula is C61H91N15O19. The molecule has 11 amide bonds. The first-order valence-corrected chi connectivity index (χ1v) is 31.2. The summed E-state index contributed by atoms with van der Waals surface area (Å²) in [5.41, 5.74) is 23.4. The third-order valence-electron chi connectivity index (χ3n) is 15.6. The molecule has 95 heavy (non-hydrogen) atoms. The average Bonchev–Trinajstić information content (AvgIpc) is 1.76. The van der Waals surface area contributed by atoms with Gasteiger partial charge in [-0.25, -0.2) is 4.79 Å². The zero-order chi connectivity index (χ0) is 70.8. The number of phenols is 2. The van der Waals surface area contributed by atoms with Crippen molar-refractivity contribution in [1.82, 2.24) is 52.3 Å². The molecule has 4 rings (SSSR count). The summed E-state index contributed by atoms with van der Waals surface area (Å²) in [5, 5.41) is 79.9. The van der Waals surface area contributed by atoms with Gasteiger partial charge in [0, 0.05) is 38.9 Å². The quantitative estimate of drug-likeness (QED) is 0.0170. The largest absolute Gasteiger partial charge is 0.508 e. The van der Waals surface area contributed by atoms with Crippen LogP contribution in [0.15, 0.2) is 53.5 Å². The molecule has 2 aliphatic rings. The fourth-order valence-corrected chi connectivity index (χ4v) is 10.7. The number of hydrogen-bond acceptors (Lipinski definition) is 19. The van der Waals surface area contributed by atoms with Crippen LogP contribution in [0.3, 0.4) is 0 Å². The van der Waals surface area contributed by atoms with Crippen LogP contribution < -0.4 is 65.5 Å². The molecular weight excluding hydrogens is 1250 g/mol. The SMILES string of the molecule is CC(C)C[C@H](NC(=O)[C@H](CC(N)=O)NC(=O)[C@H](CCC(=O)O)NC(=O)[C@@H]1CCCN1C(=O)[C@H](Cc1ccc(O)cc1)NC(=O)[C@H](CO)NC(=O)[C@@H]1CCCN1C(=O)[C@H](CO)NC(=O)[C@H](CCCN=C(N)N)NC(=O)[C@H](Cc1ccc(O)cc1)NC(=O)[C@@H](N)CC(C)C)C(=O)O. The van der Waals surface area contributed by atoms with E-state index in [1.54, 1.807) is 13.8 Å². The minimum Gasteiger partial charge on any atom is -0.508 e. The molecule has 34 heteroatoms. The third kappa shape index (κ3) is 25.3. The molecule has 2 saturated heterocycles. The van der Waals surface area contributed by atoms with Gasteiger partial charge in [-0.2, -0.15) is 0 Å². The van der Waals surface area contributed by atoms with Crippen molar-refractivity contribution < 1.29 is 93.0 Å². The summed E-state index contributed by atoms with van der Waals surface area (Å²) in [6.07, 6.45) is -2.07. The van der Waals surface area contributed by atoms with Gasteiger partial charge in [-0.3, -0.25) is 62.5 Å². The molecule has 0 bridgehead atoms. The molecule has 0 unspecified atom stereocenters. The Labute approximate surface area is 547 Å². The van der Waals surface area contributed by atoms with Gasteiger partial charge in [0.25, 0.3) is 0 Å². The van der Waals surface area contributed by atoms with Gasteiger partial charge in [0.1, 0.15) is 71.9 Å². The van der Waals surface area contributed by atoms with Crippen molar-refractivity contribution in [3.8, 4) is 11.5 Å². The van der Waals surface area contributed by atoms with Crippen molar-refractivity contribution in [1.29, 1.82) is 0 Å². The number of amides is 11. The lowest BCUT2D eigenvalue weighted by Gasteiger charge is -2.31. The van der Waals surface area contributed by atoms with E-state index in [4.69, 9.17) is 22.9 Å². The number of phenolic OH excluding ortho intramolecular Hbond substituents is 2. The highest BCUT2D eigenvalue weighted by Gasteiger charge is 2.43. The summed E-state index contributed by atoms with van der Waals surface area (Å²) < 4.78 is 0. The van der Waals surface area contributed by atoms with Gasteiger partial charge in [0.15, 0.2) is 5.96 Å². The van der Waals surface area contributed by atoms with Gasteiger partial charge < -0.3 is 106 Å². The zero-order valence-electron chi connectivity index (χ0n) is 53.5. The van der Waals surface area contributed by atoms with Crippen LogP contribution in [0.25, 0.3) is 0 Å². The number of primary amides is 1. The predicted octanol–water partition coefficient (Wildman–Crippen LogP) is -4.97. The molecule has 2 heterocycles. The summed E-state index contributed by atoms with van der Waals surface area (Å²) >= 11 is 0. The lowest BCUT2D eigenvalue weighted by atomic mass is 10.0. The molecule has 2 fully saturated rings. The van der Waals surface area contributed by atoms with Gasteiger partial charge in [-0.05, 0) is 105 Å². The molecule has 0 aromatic heterocycles. The van der Waals surface area contributed by atoms with Crippen molar-refractivity contribution in [3.05, 3.63) is 59.7 Å². The van der Waals surface area contributed by atoms with Crippen molar-refractivity contribution >= 4 is 82.9 Å². The summed E-state index contributed by atoms with van der Waals surface area (Å²) in [5.74, 6) is -14.4. The molecule has 524 valence electrons. The van der Waals surface area contributed by atoms with E-state index in [0.717, 1.165) is 9.80 Å². The monoisotopic (exact) mass is 1340 g/mol. The van der Waals surface area contributed by atoms with E-state index in [-0.39, 0.29) is 113 Å². The van der Waals surface area contributed by atoms with Crippen LogP contribution in [-0.4, -0.2) is 223 Å². The third-order valence-corrected chi connectivity index (χ3v) is 15.6. The van der Waals surface area contributed by atoms with Crippen molar-refractivity contribution in [2.24, 2.45) is 39.8 Å². The number of nitrogens with zero attached hydrogens (tertiary/aromatic N) is 3. The summed E-state index contributed by atoms with van der Waals surface area (Å²) in [6.45, 7) is 4.75. The van der Waals surface area contributed by atoms with Gasteiger partial charge in [0.2, 0.25) is 65.0 Å². The van der Waals surface area contributed by atoms with Crippen LogP contribution in [0.5, 0.6) is 11.5 Å². The molecule has 0 spiro atoms. The number of benzene rings is 2. The normalized spacial score (nSPS) is 17.2. The highest BCUT2D eigenvalue weighted by molar-refractivity contribution is 6.00. The molecule has 22 N–H and O–H groups in total. The standard InChI is InChI=1S/C61H91N15O19/c1-31(2)24-37(62)50(84)69-40(26-33-11-15-35(79)16-12-33)53(87)67-38(8-5-21-66-61(64)65)51(85)74-45(30-78)59(93)76-23-7-10-47(76)57(91)73-44(29-77)55(89)71-42(27-34-13-17-36(80)18-14-34)58(92)75-22-6-9-46(75)56(90)68-39(19-20-49(82)83)52(86)70-41(28-48(63)81)54(88)72-43(60(94)95)25-32(3)4/h11-18,31-32,37-47,77-80H,5-10,19-30,62H2,1-4H3,(H2,63,81)(H,67,87)(H,68,90)(H,69,84)(H,70,86)(H,71,89)(H,72,88)(H,73,91)(H,74,85)(H,82,83)(H,94,95)(H4,64,65,66)/t37-,38-,39-,40-,41-,42-,43-,44-,45-,46-,47-/m0/s1. The van der Waals surface area contributed by atoms with Gasteiger partial charge in [-0.1, -0.05) is 52.0 Å². The highest BCUT2D eigenvalue weighted by Crippen LogP contribution is 2.23.